The van der Waals surface area contributed by atoms with Crippen LogP contribution in [-0.2, 0) is 24.2 Å². The molecule has 0 aromatic carbocycles. The Labute approximate surface area is 124 Å². The second-order valence-electron chi connectivity index (χ2n) is 6.21. The van der Waals surface area contributed by atoms with E-state index in [1.165, 1.54) is 23.4 Å². The van der Waals surface area contributed by atoms with E-state index in [1.54, 1.807) is 16.2 Å². The van der Waals surface area contributed by atoms with E-state index in [1.807, 2.05) is 7.05 Å². The lowest BCUT2D eigenvalue weighted by Gasteiger charge is -2.28. The fourth-order valence-electron chi connectivity index (χ4n) is 3.35. The summed E-state index contributed by atoms with van der Waals surface area (Å²) < 4.78 is 0. The summed E-state index contributed by atoms with van der Waals surface area (Å²) in [6.45, 7) is 0.607. The number of fused-ring (bicyclic) bond motifs is 1. The molecular formula is C15H23N3OS. The lowest BCUT2D eigenvalue weighted by Crippen LogP contribution is -2.52. The molecule has 110 valence electrons. The number of carbonyl (C=O) groups is 1. The molecule has 0 aliphatic heterocycles. The highest BCUT2D eigenvalue weighted by molar-refractivity contribution is 7.11. The summed E-state index contributed by atoms with van der Waals surface area (Å²) in [4.78, 5) is 20.4. The van der Waals surface area contributed by atoms with Gasteiger partial charge in [0.2, 0.25) is 5.91 Å². The molecule has 5 heteroatoms. The number of aryl methyl sites for hydroxylation is 2. The molecule has 2 aliphatic carbocycles. The summed E-state index contributed by atoms with van der Waals surface area (Å²) in [5.41, 5.74) is 6.89. The first-order valence-electron chi connectivity index (χ1n) is 7.60. The van der Waals surface area contributed by atoms with Crippen LogP contribution in [0.5, 0.6) is 0 Å². The Balaban J connectivity index is 1.67. The molecule has 0 radical (unpaired) electrons. The third kappa shape index (κ3) is 2.61. The second-order valence-corrected chi connectivity index (χ2v) is 7.38. The fraction of sp³-hybridized carbons (Fsp3) is 0.733. The van der Waals surface area contributed by atoms with Crippen LogP contribution in [0.25, 0.3) is 0 Å². The molecule has 3 rings (SSSR count). The van der Waals surface area contributed by atoms with Gasteiger partial charge in [-0.1, -0.05) is 12.8 Å². The number of hydrogen-bond acceptors (Lipinski definition) is 4. The molecule has 0 saturated heterocycles. The van der Waals surface area contributed by atoms with Crippen molar-refractivity contribution in [3.05, 3.63) is 15.6 Å². The average Bonchev–Trinajstić information content (AvgIpc) is 3.04. The van der Waals surface area contributed by atoms with Gasteiger partial charge in [-0.25, -0.2) is 4.98 Å². The van der Waals surface area contributed by atoms with Gasteiger partial charge in [0.25, 0.3) is 0 Å². The van der Waals surface area contributed by atoms with E-state index in [0.717, 1.165) is 43.5 Å². The van der Waals surface area contributed by atoms with Crippen LogP contribution in [0.4, 0.5) is 0 Å². The Bertz CT molecular complexity index is 482. The molecule has 4 nitrogen and oxygen atoms in total. The van der Waals surface area contributed by atoms with Gasteiger partial charge in [-0.05, 0) is 38.5 Å². The smallest absolute Gasteiger partial charge is 0.242 e. The Morgan fingerprint density at radius 3 is 2.70 bits per heavy atom. The Morgan fingerprint density at radius 2 is 2.00 bits per heavy atom. The predicted octanol–water partition coefficient (Wildman–Crippen LogP) is 2.25. The van der Waals surface area contributed by atoms with Crippen molar-refractivity contribution in [3.63, 3.8) is 0 Å². The lowest BCUT2D eigenvalue weighted by atomic mass is 9.97. The van der Waals surface area contributed by atoms with Gasteiger partial charge < -0.3 is 10.6 Å². The summed E-state index contributed by atoms with van der Waals surface area (Å²) in [5.74, 6) is 0.0863. The maximum absolute atomic E-state index is 12.5. The Morgan fingerprint density at radius 1 is 1.30 bits per heavy atom. The molecule has 1 amide bonds. The lowest BCUT2D eigenvalue weighted by molar-refractivity contribution is -0.136. The maximum atomic E-state index is 12.5. The molecule has 1 heterocycles. The van der Waals surface area contributed by atoms with Crippen LogP contribution in [-0.4, -0.2) is 28.4 Å². The fourth-order valence-corrected chi connectivity index (χ4v) is 4.56. The first-order chi connectivity index (χ1) is 9.58. The molecule has 2 N–H and O–H groups in total. The molecular weight excluding hydrogens is 270 g/mol. The van der Waals surface area contributed by atoms with Crippen LogP contribution in [0.15, 0.2) is 0 Å². The minimum Gasteiger partial charge on any atom is -0.337 e. The van der Waals surface area contributed by atoms with Gasteiger partial charge in [0.05, 0.1) is 17.8 Å². The predicted molar refractivity (Wildman–Crippen MR) is 80.6 cm³/mol. The number of thiazole rings is 1. The zero-order valence-corrected chi connectivity index (χ0v) is 13.0. The normalized spacial score (nSPS) is 20.7. The summed E-state index contributed by atoms with van der Waals surface area (Å²) in [6.07, 6.45) is 8.57. The van der Waals surface area contributed by atoms with Gasteiger partial charge in [0.1, 0.15) is 5.01 Å². The molecule has 20 heavy (non-hydrogen) atoms. The second kappa shape index (κ2) is 5.45. The van der Waals surface area contributed by atoms with Crippen molar-refractivity contribution < 1.29 is 4.79 Å². The zero-order valence-electron chi connectivity index (χ0n) is 12.2. The molecule has 0 atom stereocenters. The maximum Gasteiger partial charge on any atom is 0.242 e. The van der Waals surface area contributed by atoms with Gasteiger partial charge >= 0.3 is 0 Å². The van der Waals surface area contributed by atoms with Gasteiger partial charge in [-0.2, -0.15) is 0 Å². The quantitative estimate of drug-likeness (QED) is 0.930. The Kier molecular flexibility index (Phi) is 3.82. The van der Waals surface area contributed by atoms with Crippen LogP contribution >= 0.6 is 11.3 Å². The number of nitrogens with two attached hydrogens (primary N) is 1. The van der Waals surface area contributed by atoms with Crippen molar-refractivity contribution in [1.82, 2.24) is 9.88 Å². The van der Waals surface area contributed by atoms with E-state index < -0.39 is 5.54 Å². The summed E-state index contributed by atoms with van der Waals surface area (Å²) >= 11 is 1.78. The SMILES string of the molecule is CN(Cc1nc2c(s1)CCCC2)C(=O)C1(N)CCCC1. The monoisotopic (exact) mass is 293 g/mol. The number of amides is 1. The number of hydrogen-bond donors (Lipinski definition) is 1. The first-order valence-corrected chi connectivity index (χ1v) is 8.42. The number of rotatable bonds is 3. The summed E-state index contributed by atoms with van der Waals surface area (Å²) in [7, 11) is 1.86. The van der Waals surface area contributed by atoms with Crippen LogP contribution < -0.4 is 5.73 Å². The molecule has 1 aromatic heterocycles. The first kappa shape index (κ1) is 14.0. The number of carbonyl (C=O) groups excluding carboxylic acids is 1. The van der Waals surface area contributed by atoms with E-state index in [-0.39, 0.29) is 5.91 Å². The third-order valence-corrected chi connectivity index (χ3v) is 5.67. The Hall–Kier alpha value is -0.940. The number of nitrogens with zero attached hydrogens (tertiary/aromatic N) is 2. The van der Waals surface area contributed by atoms with Gasteiger partial charge in [-0.3, -0.25) is 4.79 Å². The van der Waals surface area contributed by atoms with E-state index in [9.17, 15) is 4.79 Å². The number of likely N-dealkylation sites (N-methyl/N-ethyl adjacent to an activating group) is 1. The van der Waals surface area contributed by atoms with Crippen molar-refractivity contribution in [2.45, 2.75) is 63.5 Å². The van der Waals surface area contributed by atoms with Crippen molar-refractivity contribution in [2.75, 3.05) is 7.05 Å². The van der Waals surface area contributed by atoms with Crippen molar-refractivity contribution >= 4 is 17.2 Å². The van der Waals surface area contributed by atoms with Crippen molar-refractivity contribution in [2.24, 2.45) is 5.73 Å². The molecule has 0 bridgehead atoms. The molecule has 0 unspecified atom stereocenters. The minimum atomic E-state index is -0.619. The highest BCUT2D eigenvalue weighted by atomic mass is 32.1. The summed E-state index contributed by atoms with van der Waals surface area (Å²) in [5, 5.41) is 1.06. The summed E-state index contributed by atoms with van der Waals surface area (Å²) in [6, 6.07) is 0. The largest absolute Gasteiger partial charge is 0.337 e. The van der Waals surface area contributed by atoms with Crippen LogP contribution in [0.1, 0.15) is 54.1 Å². The minimum absolute atomic E-state index is 0.0863. The topological polar surface area (TPSA) is 59.2 Å². The van der Waals surface area contributed by atoms with Gasteiger partial charge in [0, 0.05) is 11.9 Å². The average molecular weight is 293 g/mol. The molecule has 1 aromatic rings. The molecule has 1 saturated carbocycles. The van der Waals surface area contributed by atoms with Gasteiger partial charge in [-0.15, -0.1) is 11.3 Å². The van der Waals surface area contributed by atoms with E-state index in [0.29, 0.717) is 6.54 Å². The highest BCUT2D eigenvalue weighted by Gasteiger charge is 2.39. The van der Waals surface area contributed by atoms with E-state index in [2.05, 4.69) is 0 Å². The highest BCUT2D eigenvalue weighted by Crippen LogP contribution is 2.30. The molecule has 2 aliphatic rings. The van der Waals surface area contributed by atoms with Crippen LogP contribution in [0.3, 0.4) is 0 Å². The van der Waals surface area contributed by atoms with Gasteiger partial charge in [0.15, 0.2) is 0 Å². The molecule has 1 fully saturated rings. The third-order valence-electron chi connectivity index (χ3n) is 4.53. The van der Waals surface area contributed by atoms with Crippen LogP contribution in [0, 0.1) is 0 Å². The zero-order chi connectivity index (χ0) is 14.2. The van der Waals surface area contributed by atoms with Crippen molar-refractivity contribution in [3.8, 4) is 0 Å². The standard InChI is InChI=1S/C15H23N3OS/c1-18(14(19)15(16)8-4-5-9-15)10-13-17-11-6-2-3-7-12(11)20-13/h2-10,16H2,1H3. The van der Waals surface area contributed by atoms with Crippen molar-refractivity contribution in [1.29, 1.82) is 0 Å². The number of aromatic nitrogens is 1. The van der Waals surface area contributed by atoms with E-state index in [4.69, 9.17) is 10.7 Å². The van der Waals surface area contributed by atoms with E-state index >= 15 is 0 Å². The molecule has 0 spiro atoms. The van der Waals surface area contributed by atoms with Crippen LogP contribution in [0.2, 0.25) is 0 Å².